The minimum atomic E-state index is 0.496. The maximum atomic E-state index is 4.56. The van der Waals surface area contributed by atoms with Gasteiger partial charge in [-0.2, -0.15) is 0 Å². The lowest BCUT2D eigenvalue weighted by Crippen LogP contribution is -2.17. The van der Waals surface area contributed by atoms with Crippen molar-refractivity contribution in [2.75, 3.05) is 13.6 Å². The largest absolute Gasteiger partial charge is 0.319 e. The normalized spacial score (nSPS) is 12.9. The predicted octanol–water partition coefficient (Wildman–Crippen LogP) is 2.95. The Morgan fingerprint density at radius 1 is 1.25 bits per heavy atom. The van der Waals surface area contributed by atoms with Crippen molar-refractivity contribution in [3.05, 3.63) is 42.2 Å². The van der Waals surface area contributed by atoms with Crippen LogP contribution in [0.1, 0.15) is 25.0 Å². The van der Waals surface area contributed by atoms with Gasteiger partial charge in [-0.05, 0) is 24.9 Å². The lowest BCUT2D eigenvalue weighted by molar-refractivity contribution is 0.602. The summed E-state index contributed by atoms with van der Waals surface area (Å²) in [7, 11) is 1.99. The van der Waals surface area contributed by atoms with Gasteiger partial charge in [-0.1, -0.05) is 31.2 Å². The fourth-order valence-corrected chi connectivity index (χ4v) is 2.15. The lowest BCUT2D eigenvalue weighted by Gasteiger charge is -2.15. The van der Waals surface area contributed by atoms with Crippen LogP contribution in [-0.4, -0.2) is 18.6 Å². The molecule has 0 saturated carbocycles. The second-order valence-electron chi connectivity index (χ2n) is 4.08. The van der Waals surface area contributed by atoms with E-state index in [9.17, 15) is 0 Å². The Hall–Kier alpha value is -1.41. The maximum Gasteiger partial charge on any atom is 0.0525 e. The average Bonchev–Trinajstić information content (AvgIpc) is 2.35. The topological polar surface area (TPSA) is 24.9 Å². The third-order valence-electron chi connectivity index (χ3n) is 3.03. The molecule has 0 bridgehead atoms. The lowest BCUT2D eigenvalue weighted by atomic mass is 9.97. The van der Waals surface area contributed by atoms with Crippen LogP contribution in [0.2, 0.25) is 0 Å². The highest BCUT2D eigenvalue weighted by atomic mass is 14.8. The van der Waals surface area contributed by atoms with Crippen molar-refractivity contribution < 1.29 is 0 Å². The summed E-state index contributed by atoms with van der Waals surface area (Å²) in [6.07, 6.45) is 3.03. The molecule has 0 radical (unpaired) electrons. The summed E-state index contributed by atoms with van der Waals surface area (Å²) < 4.78 is 0. The van der Waals surface area contributed by atoms with Crippen molar-refractivity contribution in [1.29, 1.82) is 0 Å². The Kier molecular flexibility index (Phi) is 3.52. The van der Waals surface area contributed by atoms with Crippen molar-refractivity contribution in [1.82, 2.24) is 10.3 Å². The van der Waals surface area contributed by atoms with E-state index in [1.54, 1.807) is 0 Å². The number of fused-ring (bicyclic) bond motifs is 1. The smallest absolute Gasteiger partial charge is 0.0525 e. The fourth-order valence-electron chi connectivity index (χ4n) is 2.15. The SMILES string of the molecule is CCC(CNC)c1nccc2ccccc12. The zero-order chi connectivity index (χ0) is 11.4. The first-order valence-electron chi connectivity index (χ1n) is 5.85. The van der Waals surface area contributed by atoms with Gasteiger partial charge in [-0.3, -0.25) is 4.98 Å². The summed E-state index contributed by atoms with van der Waals surface area (Å²) in [6, 6.07) is 10.5. The van der Waals surface area contributed by atoms with E-state index >= 15 is 0 Å². The molecule has 1 unspecified atom stereocenters. The van der Waals surface area contributed by atoms with Crippen LogP contribution < -0.4 is 5.32 Å². The second kappa shape index (κ2) is 5.08. The third-order valence-corrected chi connectivity index (χ3v) is 3.03. The Bertz CT molecular complexity index is 460. The first-order valence-corrected chi connectivity index (χ1v) is 5.85. The Balaban J connectivity index is 2.50. The molecule has 2 heteroatoms. The zero-order valence-corrected chi connectivity index (χ0v) is 9.90. The van der Waals surface area contributed by atoms with Crippen LogP contribution >= 0.6 is 0 Å². The molecule has 2 rings (SSSR count). The summed E-state index contributed by atoms with van der Waals surface area (Å²) in [5, 5.41) is 5.81. The molecular weight excluding hydrogens is 196 g/mol. The van der Waals surface area contributed by atoms with Crippen molar-refractivity contribution >= 4 is 10.8 Å². The molecular formula is C14H18N2. The van der Waals surface area contributed by atoms with Crippen LogP contribution in [0.25, 0.3) is 10.8 Å². The van der Waals surface area contributed by atoms with Crippen LogP contribution in [0.4, 0.5) is 0 Å². The van der Waals surface area contributed by atoms with E-state index in [1.807, 2.05) is 13.2 Å². The highest BCUT2D eigenvalue weighted by Crippen LogP contribution is 2.25. The van der Waals surface area contributed by atoms with E-state index in [-0.39, 0.29) is 0 Å². The van der Waals surface area contributed by atoms with Gasteiger partial charge >= 0.3 is 0 Å². The van der Waals surface area contributed by atoms with E-state index in [0.717, 1.165) is 13.0 Å². The molecule has 0 spiro atoms. The molecule has 1 N–H and O–H groups in total. The summed E-state index contributed by atoms with van der Waals surface area (Å²) in [5.74, 6) is 0.496. The molecule has 0 fully saturated rings. The molecule has 0 aliphatic carbocycles. The number of rotatable bonds is 4. The second-order valence-corrected chi connectivity index (χ2v) is 4.08. The molecule has 0 amide bonds. The van der Waals surface area contributed by atoms with Gasteiger partial charge in [0.25, 0.3) is 0 Å². The van der Waals surface area contributed by atoms with Gasteiger partial charge < -0.3 is 5.32 Å². The molecule has 1 aromatic carbocycles. The number of likely N-dealkylation sites (N-methyl/N-ethyl adjacent to an activating group) is 1. The summed E-state index contributed by atoms with van der Waals surface area (Å²) in [5.41, 5.74) is 1.22. The van der Waals surface area contributed by atoms with E-state index in [4.69, 9.17) is 0 Å². The van der Waals surface area contributed by atoms with Gasteiger partial charge in [0.2, 0.25) is 0 Å². The first kappa shape index (κ1) is 11.1. The van der Waals surface area contributed by atoms with Gasteiger partial charge in [0.05, 0.1) is 5.69 Å². The maximum absolute atomic E-state index is 4.56. The Labute approximate surface area is 96.7 Å². The molecule has 16 heavy (non-hydrogen) atoms. The number of aromatic nitrogens is 1. The van der Waals surface area contributed by atoms with E-state index < -0.39 is 0 Å². The number of nitrogens with zero attached hydrogens (tertiary/aromatic N) is 1. The van der Waals surface area contributed by atoms with E-state index in [2.05, 4.69) is 47.6 Å². The monoisotopic (exact) mass is 214 g/mol. The van der Waals surface area contributed by atoms with Crippen LogP contribution in [-0.2, 0) is 0 Å². The zero-order valence-electron chi connectivity index (χ0n) is 9.90. The number of hydrogen-bond donors (Lipinski definition) is 1. The number of nitrogens with one attached hydrogen (secondary N) is 1. The third kappa shape index (κ3) is 2.07. The molecule has 0 aliphatic rings. The molecule has 1 aromatic heterocycles. The van der Waals surface area contributed by atoms with E-state index in [1.165, 1.54) is 16.5 Å². The van der Waals surface area contributed by atoms with Crippen LogP contribution in [0.5, 0.6) is 0 Å². The predicted molar refractivity (Wildman–Crippen MR) is 68.7 cm³/mol. The molecule has 0 aliphatic heterocycles. The summed E-state index contributed by atoms with van der Waals surface area (Å²) in [6.45, 7) is 3.20. The molecule has 2 nitrogen and oxygen atoms in total. The van der Waals surface area contributed by atoms with Crippen LogP contribution in [0.15, 0.2) is 36.5 Å². The molecule has 1 atom stereocenters. The first-order chi connectivity index (χ1) is 7.86. The quantitative estimate of drug-likeness (QED) is 0.846. The van der Waals surface area contributed by atoms with Crippen molar-refractivity contribution in [2.45, 2.75) is 19.3 Å². The van der Waals surface area contributed by atoms with E-state index in [0.29, 0.717) is 5.92 Å². The van der Waals surface area contributed by atoms with Crippen LogP contribution in [0.3, 0.4) is 0 Å². The Morgan fingerprint density at radius 2 is 2.06 bits per heavy atom. The van der Waals surface area contributed by atoms with Gasteiger partial charge in [0.1, 0.15) is 0 Å². The molecule has 84 valence electrons. The van der Waals surface area contributed by atoms with Gasteiger partial charge in [-0.15, -0.1) is 0 Å². The minimum Gasteiger partial charge on any atom is -0.319 e. The van der Waals surface area contributed by atoms with Crippen molar-refractivity contribution in [2.24, 2.45) is 0 Å². The van der Waals surface area contributed by atoms with Gasteiger partial charge in [0, 0.05) is 24.0 Å². The highest BCUT2D eigenvalue weighted by molar-refractivity contribution is 5.84. The number of benzene rings is 1. The van der Waals surface area contributed by atoms with Gasteiger partial charge in [-0.25, -0.2) is 0 Å². The summed E-state index contributed by atoms with van der Waals surface area (Å²) >= 11 is 0. The van der Waals surface area contributed by atoms with Crippen molar-refractivity contribution in [3.63, 3.8) is 0 Å². The average molecular weight is 214 g/mol. The fraction of sp³-hybridized carbons (Fsp3) is 0.357. The minimum absolute atomic E-state index is 0.496. The summed E-state index contributed by atoms with van der Waals surface area (Å²) in [4.78, 5) is 4.56. The molecule has 2 aromatic rings. The van der Waals surface area contributed by atoms with Crippen molar-refractivity contribution in [3.8, 4) is 0 Å². The Morgan fingerprint density at radius 3 is 2.81 bits per heavy atom. The number of pyridine rings is 1. The molecule has 0 saturated heterocycles. The molecule has 1 heterocycles. The number of hydrogen-bond acceptors (Lipinski definition) is 2. The highest BCUT2D eigenvalue weighted by Gasteiger charge is 2.12. The standard InChI is InChI=1S/C14H18N2/c1-3-11(10-15-2)14-13-7-5-4-6-12(13)8-9-16-14/h4-9,11,15H,3,10H2,1-2H3. The van der Waals surface area contributed by atoms with Crippen LogP contribution in [0, 0.1) is 0 Å². The van der Waals surface area contributed by atoms with Gasteiger partial charge in [0.15, 0.2) is 0 Å².